The third-order valence-corrected chi connectivity index (χ3v) is 10.2. The number of methoxy groups -OCH3 is 1. The molecule has 0 saturated heterocycles. The fourth-order valence-corrected chi connectivity index (χ4v) is 6.88. The van der Waals surface area contributed by atoms with Crippen LogP contribution in [0, 0.1) is 37.5 Å². The van der Waals surface area contributed by atoms with Gasteiger partial charge in [0.25, 0.3) is 0 Å². The number of nitrogen functional groups attached to an aromatic ring is 1. The highest BCUT2D eigenvalue weighted by Gasteiger charge is 2.24. The minimum atomic E-state index is 0.519. The van der Waals surface area contributed by atoms with Crippen LogP contribution in [0.2, 0.25) is 0 Å². The lowest BCUT2D eigenvalue weighted by molar-refractivity contribution is 0.221. The number of nitrogens with zero attached hydrogens (tertiary/aromatic N) is 1. The monoisotopic (exact) mass is 583 g/mol. The van der Waals surface area contributed by atoms with Gasteiger partial charge in [-0.1, -0.05) is 84.9 Å². The molecule has 4 atom stereocenters. The SMILES string of the molecule is C=C1N=c2c(N)c(NC)c3c(c(OC)c(C)c(C)c3c2=C)C(=C)CCCCC(CC)[C@H](C)C(C)CCC(C)/C=C/C=C1C. The Morgan fingerprint density at radius 3 is 2.33 bits per heavy atom. The Kier molecular flexibility index (Phi) is 11.9. The van der Waals surface area contributed by atoms with Gasteiger partial charge in [0.05, 0.1) is 29.5 Å². The maximum absolute atomic E-state index is 6.89. The Morgan fingerprint density at radius 2 is 1.70 bits per heavy atom. The largest absolute Gasteiger partial charge is 0.496 e. The zero-order valence-corrected chi connectivity index (χ0v) is 28.5. The molecule has 0 aliphatic carbocycles. The number of ether oxygens (including phenoxy) is 1. The van der Waals surface area contributed by atoms with E-state index in [2.05, 4.69) is 91.7 Å². The predicted octanol–water partition coefficient (Wildman–Crippen LogP) is 9.44. The Hall–Kier alpha value is -3.27. The maximum atomic E-state index is 6.89. The van der Waals surface area contributed by atoms with Crippen molar-refractivity contribution in [2.75, 3.05) is 25.2 Å². The number of allylic oxidation sites excluding steroid dienone is 5. The third kappa shape index (κ3) is 7.28. The van der Waals surface area contributed by atoms with Gasteiger partial charge in [-0.05, 0) is 97.8 Å². The summed E-state index contributed by atoms with van der Waals surface area (Å²) in [7, 11) is 3.66. The highest BCUT2D eigenvalue weighted by Crippen LogP contribution is 2.43. The zero-order chi connectivity index (χ0) is 32.0. The topological polar surface area (TPSA) is 59.6 Å². The van der Waals surface area contributed by atoms with E-state index in [1.165, 1.54) is 32.1 Å². The maximum Gasteiger partial charge on any atom is 0.130 e. The van der Waals surface area contributed by atoms with Crippen molar-refractivity contribution >= 4 is 34.3 Å². The summed E-state index contributed by atoms with van der Waals surface area (Å²) in [6, 6.07) is 0. The highest BCUT2D eigenvalue weighted by molar-refractivity contribution is 6.09. The van der Waals surface area contributed by atoms with Gasteiger partial charge >= 0.3 is 0 Å². The normalized spacial score (nSPS) is 23.8. The first kappa shape index (κ1) is 34.2. The Balaban J connectivity index is 2.29. The van der Waals surface area contributed by atoms with Gasteiger partial charge in [0, 0.05) is 23.2 Å². The highest BCUT2D eigenvalue weighted by atomic mass is 16.5. The number of aryl methyl sites for hydroxylation is 1. The molecule has 2 aromatic rings. The van der Waals surface area contributed by atoms with Crippen LogP contribution in [0.5, 0.6) is 5.75 Å². The quantitative estimate of drug-likeness (QED) is 0.354. The number of hydrogen-bond acceptors (Lipinski definition) is 4. The van der Waals surface area contributed by atoms with Crippen molar-refractivity contribution in [3.63, 3.8) is 0 Å². The summed E-state index contributed by atoms with van der Waals surface area (Å²) >= 11 is 0. The van der Waals surface area contributed by atoms with Crippen molar-refractivity contribution in [1.82, 2.24) is 0 Å². The number of anilines is 2. The summed E-state index contributed by atoms with van der Waals surface area (Å²) in [6.07, 6.45) is 14.7. The van der Waals surface area contributed by atoms with Crippen LogP contribution in [0.15, 0.2) is 47.6 Å². The fourth-order valence-electron chi connectivity index (χ4n) is 6.88. The van der Waals surface area contributed by atoms with E-state index in [1.54, 1.807) is 7.11 Å². The molecule has 4 rings (SSSR count). The van der Waals surface area contributed by atoms with E-state index in [4.69, 9.17) is 15.5 Å². The molecule has 2 heterocycles. The summed E-state index contributed by atoms with van der Waals surface area (Å²) in [4.78, 5) is 4.98. The van der Waals surface area contributed by atoms with E-state index in [0.29, 0.717) is 34.5 Å². The second-order valence-corrected chi connectivity index (χ2v) is 13.0. The molecule has 43 heavy (non-hydrogen) atoms. The first-order chi connectivity index (χ1) is 20.4. The van der Waals surface area contributed by atoms with Gasteiger partial charge in [-0.15, -0.1) is 0 Å². The van der Waals surface area contributed by atoms with Crippen LogP contribution >= 0.6 is 0 Å². The Morgan fingerprint density at radius 1 is 1.00 bits per heavy atom. The molecule has 3 unspecified atom stereocenters. The second-order valence-electron chi connectivity index (χ2n) is 13.0. The molecular weight excluding hydrogens is 526 g/mol. The van der Waals surface area contributed by atoms with Gasteiger partial charge in [-0.3, -0.25) is 0 Å². The lowest BCUT2D eigenvalue weighted by Gasteiger charge is -2.29. The summed E-state index contributed by atoms with van der Waals surface area (Å²) in [5, 5.41) is 6.93. The first-order valence-corrected chi connectivity index (χ1v) is 16.3. The van der Waals surface area contributed by atoms with Crippen LogP contribution in [0.4, 0.5) is 11.4 Å². The van der Waals surface area contributed by atoms with Gasteiger partial charge in [-0.2, -0.15) is 0 Å². The molecule has 4 nitrogen and oxygen atoms in total. The summed E-state index contributed by atoms with van der Waals surface area (Å²) < 4.78 is 6.07. The van der Waals surface area contributed by atoms with E-state index >= 15 is 0 Å². The van der Waals surface area contributed by atoms with E-state index in [-0.39, 0.29) is 0 Å². The van der Waals surface area contributed by atoms with Crippen LogP contribution in [0.25, 0.3) is 22.9 Å². The van der Waals surface area contributed by atoms with Crippen LogP contribution in [0.3, 0.4) is 0 Å². The average molecular weight is 584 g/mol. The summed E-state index contributed by atoms with van der Waals surface area (Å²) in [6.45, 7) is 29.4. The lowest BCUT2D eigenvalue weighted by Crippen LogP contribution is -2.30. The third-order valence-electron chi connectivity index (χ3n) is 10.2. The van der Waals surface area contributed by atoms with E-state index in [0.717, 1.165) is 74.0 Å². The van der Waals surface area contributed by atoms with Gasteiger partial charge < -0.3 is 15.8 Å². The van der Waals surface area contributed by atoms with Crippen molar-refractivity contribution in [2.45, 2.75) is 93.4 Å². The average Bonchev–Trinajstić information content (AvgIpc) is 2.98. The molecule has 0 radical (unpaired) electrons. The van der Waals surface area contributed by atoms with Crippen molar-refractivity contribution in [2.24, 2.45) is 28.7 Å². The van der Waals surface area contributed by atoms with Crippen molar-refractivity contribution in [1.29, 1.82) is 0 Å². The van der Waals surface area contributed by atoms with E-state index < -0.39 is 0 Å². The Labute approximate surface area is 261 Å². The minimum Gasteiger partial charge on any atom is -0.496 e. The molecule has 2 aliphatic rings. The van der Waals surface area contributed by atoms with Crippen LogP contribution < -0.4 is 26.4 Å². The summed E-state index contributed by atoms with van der Waals surface area (Å²) in [5.74, 6) is 3.55. The van der Waals surface area contributed by atoms with Crippen molar-refractivity contribution < 1.29 is 4.74 Å². The smallest absolute Gasteiger partial charge is 0.130 e. The second kappa shape index (κ2) is 14.9. The molecule has 0 saturated carbocycles. The van der Waals surface area contributed by atoms with Gasteiger partial charge in [0.2, 0.25) is 0 Å². The van der Waals surface area contributed by atoms with Gasteiger partial charge in [-0.25, -0.2) is 4.99 Å². The first-order valence-electron chi connectivity index (χ1n) is 16.3. The van der Waals surface area contributed by atoms with E-state index in [1.807, 2.05) is 7.05 Å². The van der Waals surface area contributed by atoms with E-state index in [9.17, 15) is 0 Å². The number of hydrogen-bond donors (Lipinski definition) is 2. The molecule has 4 heteroatoms. The predicted molar refractivity (Wildman–Crippen MR) is 190 cm³/mol. The number of rotatable bonds is 3. The molecule has 0 spiro atoms. The standard InChI is InChI=1S/C39H57N3O/c1-13-32-20-15-14-18-26(5)33-35-34(28(7)29(8)39(33)43-12)30(9)37(36(40)38(35)41-11)42-31(10)25(4)19-16-17-23(2)21-22-24(3)27(32)6/h16-17,19,23-24,27,32,41H,5,9-10,13-15,18,20-22,40H2,1-4,6-8,11-12H3/b17-16+,25-19?,42-37?/t23?,24?,27-,32?/m1/s1. The number of nitrogens with two attached hydrogens (primary N) is 1. The molecular formula is C39H57N3O. The number of fused-ring (bicyclic) bond motifs is 15. The summed E-state index contributed by atoms with van der Waals surface area (Å²) in [5.41, 5.74) is 14.3. The number of benzene rings is 2. The number of nitrogens with one attached hydrogen (secondary N) is 1. The molecule has 4 bridgehead atoms. The van der Waals surface area contributed by atoms with Crippen LogP contribution in [-0.2, 0) is 0 Å². The fraction of sp³-hybridized carbons (Fsp3) is 0.513. The minimum absolute atomic E-state index is 0.519. The van der Waals surface area contributed by atoms with Crippen LogP contribution in [0.1, 0.15) is 96.3 Å². The van der Waals surface area contributed by atoms with Crippen LogP contribution in [-0.4, -0.2) is 14.2 Å². The molecule has 0 fully saturated rings. The molecule has 0 aromatic heterocycles. The molecule has 2 aromatic carbocycles. The van der Waals surface area contributed by atoms with Gasteiger partial charge in [0.1, 0.15) is 5.75 Å². The van der Waals surface area contributed by atoms with Gasteiger partial charge in [0.15, 0.2) is 0 Å². The Bertz CT molecular complexity index is 1530. The lowest BCUT2D eigenvalue weighted by atomic mass is 9.77. The zero-order valence-electron chi connectivity index (χ0n) is 28.5. The molecule has 3 N–H and O–H groups in total. The molecule has 0 amide bonds. The van der Waals surface area contributed by atoms with Crippen molar-refractivity contribution in [3.8, 4) is 5.75 Å². The van der Waals surface area contributed by atoms with Crippen molar-refractivity contribution in [3.05, 3.63) is 69.9 Å². The molecule has 234 valence electrons. The molecule has 2 aliphatic heterocycles.